The molecule has 0 saturated heterocycles. The lowest BCUT2D eigenvalue weighted by atomic mass is 10.1. The molecule has 0 aliphatic carbocycles. The Morgan fingerprint density at radius 2 is 2.11 bits per heavy atom. The number of nitrogens with one attached hydrogen (secondary N) is 2. The number of H-pyrrole nitrogens is 1. The Morgan fingerprint density at radius 3 is 2.74 bits per heavy atom. The monoisotopic (exact) mass is 282 g/mol. The van der Waals surface area contributed by atoms with Crippen LogP contribution in [0.15, 0.2) is 17.0 Å². The molecule has 2 aromatic rings. The summed E-state index contributed by atoms with van der Waals surface area (Å²) in [7, 11) is -3.66. The summed E-state index contributed by atoms with van der Waals surface area (Å²) in [4.78, 5) is 0.161. The van der Waals surface area contributed by atoms with Crippen LogP contribution in [0.3, 0.4) is 0 Å². The van der Waals surface area contributed by atoms with Gasteiger partial charge >= 0.3 is 0 Å². The fraction of sp³-hybridized carbons (Fsp3) is 0.300. The molecule has 0 aliphatic rings. The number of aryl methyl sites for hydroxylation is 1. The normalized spacial score (nSPS) is 11.7. The number of hydrogen-bond acceptors (Lipinski definition) is 6. The maximum Gasteiger partial charge on any atom is 0.241 e. The highest BCUT2D eigenvalue weighted by atomic mass is 32.2. The van der Waals surface area contributed by atoms with Crippen LogP contribution < -0.4 is 10.5 Å². The molecule has 0 aliphatic heterocycles. The van der Waals surface area contributed by atoms with Gasteiger partial charge in [-0.05, 0) is 37.1 Å². The molecule has 2 rings (SSSR count). The Hall–Kier alpha value is -2.00. The van der Waals surface area contributed by atoms with Crippen molar-refractivity contribution in [2.24, 2.45) is 0 Å². The minimum absolute atomic E-state index is 0.0356. The number of aromatic amines is 1. The number of rotatable bonds is 4. The molecule has 0 atom stereocenters. The van der Waals surface area contributed by atoms with E-state index in [1.54, 1.807) is 26.0 Å². The molecule has 0 saturated carbocycles. The van der Waals surface area contributed by atoms with Crippen LogP contribution >= 0.6 is 0 Å². The molecule has 19 heavy (non-hydrogen) atoms. The van der Waals surface area contributed by atoms with Gasteiger partial charge in [-0.1, -0.05) is 5.21 Å². The van der Waals surface area contributed by atoms with Crippen molar-refractivity contribution in [1.29, 1.82) is 0 Å². The molecule has 0 bridgehead atoms. The molecule has 1 aromatic heterocycles. The van der Waals surface area contributed by atoms with Gasteiger partial charge in [0.2, 0.25) is 10.0 Å². The minimum atomic E-state index is -3.66. The Kier molecular flexibility index (Phi) is 3.49. The van der Waals surface area contributed by atoms with Crippen molar-refractivity contribution in [3.05, 3.63) is 29.1 Å². The lowest BCUT2D eigenvalue weighted by Gasteiger charge is -2.11. The van der Waals surface area contributed by atoms with Crippen molar-refractivity contribution < 1.29 is 8.42 Å². The van der Waals surface area contributed by atoms with E-state index in [4.69, 9.17) is 5.73 Å². The van der Waals surface area contributed by atoms with Crippen LogP contribution in [0.1, 0.15) is 17.0 Å². The average Bonchev–Trinajstić information content (AvgIpc) is 2.84. The summed E-state index contributed by atoms with van der Waals surface area (Å²) >= 11 is 0. The van der Waals surface area contributed by atoms with Crippen molar-refractivity contribution in [2.45, 2.75) is 25.3 Å². The number of tetrazole rings is 1. The number of nitrogen functional groups attached to an aromatic ring is 1. The van der Waals surface area contributed by atoms with E-state index in [0.717, 1.165) is 5.56 Å². The van der Waals surface area contributed by atoms with E-state index in [0.29, 0.717) is 11.3 Å². The van der Waals surface area contributed by atoms with E-state index < -0.39 is 10.0 Å². The second kappa shape index (κ2) is 4.94. The van der Waals surface area contributed by atoms with Crippen molar-refractivity contribution in [3.63, 3.8) is 0 Å². The van der Waals surface area contributed by atoms with Gasteiger partial charge in [0.1, 0.15) is 0 Å². The summed E-state index contributed by atoms with van der Waals surface area (Å²) in [5.41, 5.74) is 7.52. The summed E-state index contributed by atoms with van der Waals surface area (Å²) < 4.78 is 26.8. The van der Waals surface area contributed by atoms with Crippen LogP contribution in [0.5, 0.6) is 0 Å². The highest BCUT2D eigenvalue weighted by Crippen LogP contribution is 2.22. The second-order valence-corrected chi connectivity index (χ2v) is 5.87. The molecule has 102 valence electrons. The Morgan fingerprint density at radius 1 is 1.37 bits per heavy atom. The zero-order valence-electron chi connectivity index (χ0n) is 10.5. The smallest absolute Gasteiger partial charge is 0.241 e. The van der Waals surface area contributed by atoms with Gasteiger partial charge in [-0.2, -0.15) is 5.21 Å². The molecular weight excluding hydrogens is 268 g/mol. The number of aromatic nitrogens is 4. The number of nitrogens with zero attached hydrogens (tertiary/aromatic N) is 3. The number of hydrogen-bond donors (Lipinski definition) is 3. The van der Waals surface area contributed by atoms with Crippen molar-refractivity contribution in [1.82, 2.24) is 25.3 Å². The van der Waals surface area contributed by atoms with E-state index in [-0.39, 0.29) is 17.3 Å². The maximum atomic E-state index is 12.2. The minimum Gasteiger partial charge on any atom is -0.398 e. The Labute approximate surface area is 110 Å². The maximum absolute atomic E-state index is 12.2. The third-order valence-electron chi connectivity index (χ3n) is 2.64. The lowest BCUT2D eigenvalue weighted by molar-refractivity contribution is 0.578. The first-order valence-electron chi connectivity index (χ1n) is 5.49. The van der Waals surface area contributed by atoms with Gasteiger partial charge in [0, 0.05) is 5.69 Å². The molecule has 0 spiro atoms. The van der Waals surface area contributed by atoms with E-state index in [2.05, 4.69) is 25.3 Å². The predicted octanol–water partition coefficient (Wildman–Crippen LogP) is -0.123. The van der Waals surface area contributed by atoms with Gasteiger partial charge in [-0.15, -0.1) is 10.2 Å². The number of sulfonamides is 1. The van der Waals surface area contributed by atoms with Gasteiger partial charge in [-0.3, -0.25) is 0 Å². The van der Waals surface area contributed by atoms with Crippen LogP contribution in [0, 0.1) is 13.8 Å². The molecule has 8 nitrogen and oxygen atoms in total. The van der Waals surface area contributed by atoms with Crippen LogP contribution in [0.25, 0.3) is 0 Å². The third kappa shape index (κ3) is 2.88. The van der Waals surface area contributed by atoms with Crippen LogP contribution in [-0.2, 0) is 16.6 Å². The summed E-state index contributed by atoms with van der Waals surface area (Å²) in [5, 5.41) is 12.9. The molecular formula is C10H14N6O2S. The lowest BCUT2D eigenvalue weighted by Crippen LogP contribution is -2.25. The number of anilines is 1. The Bertz CT molecular complexity index is 680. The zero-order chi connectivity index (χ0) is 14.0. The van der Waals surface area contributed by atoms with Crippen molar-refractivity contribution >= 4 is 15.7 Å². The first-order chi connectivity index (χ1) is 8.90. The summed E-state index contributed by atoms with van der Waals surface area (Å²) in [5.74, 6) is 0.266. The molecule has 4 N–H and O–H groups in total. The molecule has 0 amide bonds. The standard InChI is InChI=1S/C10H14N6O2S/c1-6-3-8(11)7(2)9(4-6)19(17,18)12-5-10-13-15-16-14-10/h3-4,12H,5,11H2,1-2H3,(H,13,14,15,16). The van der Waals surface area contributed by atoms with Crippen LogP contribution in [0.2, 0.25) is 0 Å². The highest BCUT2D eigenvalue weighted by molar-refractivity contribution is 7.89. The first kappa shape index (κ1) is 13.4. The van der Waals surface area contributed by atoms with E-state index in [1.807, 2.05) is 0 Å². The van der Waals surface area contributed by atoms with Gasteiger partial charge in [0.15, 0.2) is 5.82 Å². The van der Waals surface area contributed by atoms with Crippen LogP contribution in [-0.4, -0.2) is 29.0 Å². The molecule has 1 heterocycles. The van der Waals surface area contributed by atoms with Gasteiger partial charge in [0.25, 0.3) is 0 Å². The Balaban J connectivity index is 2.29. The summed E-state index contributed by atoms with van der Waals surface area (Å²) in [6, 6.07) is 3.30. The van der Waals surface area contributed by atoms with Crippen molar-refractivity contribution in [2.75, 3.05) is 5.73 Å². The molecule has 0 radical (unpaired) electrons. The van der Waals surface area contributed by atoms with E-state index in [1.165, 1.54) is 0 Å². The highest BCUT2D eigenvalue weighted by Gasteiger charge is 2.19. The molecule has 9 heteroatoms. The first-order valence-corrected chi connectivity index (χ1v) is 6.97. The SMILES string of the molecule is Cc1cc(N)c(C)c(S(=O)(=O)NCc2nn[nH]n2)c1. The zero-order valence-corrected chi connectivity index (χ0v) is 11.3. The quantitative estimate of drug-likeness (QED) is 0.671. The van der Waals surface area contributed by atoms with Gasteiger partial charge in [-0.25, -0.2) is 13.1 Å². The van der Waals surface area contributed by atoms with Crippen LogP contribution in [0.4, 0.5) is 5.69 Å². The fourth-order valence-electron chi connectivity index (χ4n) is 1.63. The van der Waals surface area contributed by atoms with Crippen molar-refractivity contribution in [3.8, 4) is 0 Å². The predicted molar refractivity (Wildman–Crippen MR) is 68.5 cm³/mol. The number of benzene rings is 1. The van der Waals surface area contributed by atoms with E-state index >= 15 is 0 Å². The topological polar surface area (TPSA) is 127 Å². The molecule has 0 unspecified atom stereocenters. The van der Waals surface area contributed by atoms with Gasteiger partial charge < -0.3 is 5.73 Å². The number of nitrogens with two attached hydrogens (primary N) is 1. The van der Waals surface area contributed by atoms with Gasteiger partial charge in [0.05, 0.1) is 11.4 Å². The average molecular weight is 282 g/mol. The summed E-state index contributed by atoms with van der Waals surface area (Å²) in [6.07, 6.45) is 0. The largest absolute Gasteiger partial charge is 0.398 e. The summed E-state index contributed by atoms with van der Waals surface area (Å²) in [6.45, 7) is 3.41. The van der Waals surface area contributed by atoms with E-state index in [9.17, 15) is 8.42 Å². The third-order valence-corrected chi connectivity index (χ3v) is 4.17. The second-order valence-electron chi connectivity index (χ2n) is 4.13. The fourth-order valence-corrected chi connectivity index (χ4v) is 2.96. The molecule has 1 aromatic carbocycles. The molecule has 0 fully saturated rings.